The Morgan fingerprint density at radius 3 is 2.53 bits per heavy atom. The zero-order valence-electron chi connectivity index (χ0n) is 11.7. The molecular weight excluding hydrogens is 244 g/mol. The van der Waals surface area contributed by atoms with Gasteiger partial charge in [0.15, 0.2) is 0 Å². The summed E-state index contributed by atoms with van der Waals surface area (Å²) in [7, 11) is 0. The molecule has 0 aromatic rings. The molecule has 2 amide bonds. The SMILES string of the molecule is C=CCNC(=O)CN1CCN(C(=O)CNCC)CC1. The van der Waals surface area contributed by atoms with Gasteiger partial charge in [0.05, 0.1) is 13.1 Å². The highest BCUT2D eigenvalue weighted by atomic mass is 16.2. The molecule has 0 aliphatic carbocycles. The summed E-state index contributed by atoms with van der Waals surface area (Å²) in [4.78, 5) is 27.2. The lowest BCUT2D eigenvalue weighted by atomic mass is 10.3. The standard InChI is InChI=1S/C13H24N4O2/c1-3-5-15-12(18)11-16-6-8-17(9-7-16)13(19)10-14-4-2/h3,14H,1,4-11H2,2H3,(H,15,18). The summed E-state index contributed by atoms with van der Waals surface area (Å²) >= 11 is 0. The molecule has 0 bridgehead atoms. The maximum absolute atomic E-state index is 11.8. The molecule has 1 saturated heterocycles. The van der Waals surface area contributed by atoms with Crippen LogP contribution in [-0.2, 0) is 9.59 Å². The molecule has 0 radical (unpaired) electrons. The van der Waals surface area contributed by atoms with Crippen LogP contribution in [0.25, 0.3) is 0 Å². The lowest BCUT2D eigenvalue weighted by Crippen LogP contribution is -2.52. The third-order valence-corrected chi connectivity index (χ3v) is 3.06. The Balaban J connectivity index is 2.23. The first kappa shape index (κ1) is 15.7. The highest BCUT2D eigenvalue weighted by Crippen LogP contribution is 2.01. The molecule has 0 aromatic carbocycles. The zero-order valence-corrected chi connectivity index (χ0v) is 11.7. The van der Waals surface area contributed by atoms with Crippen molar-refractivity contribution >= 4 is 11.8 Å². The van der Waals surface area contributed by atoms with Gasteiger partial charge in [0.25, 0.3) is 0 Å². The van der Waals surface area contributed by atoms with Gasteiger partial charge in [0.1, 0.15) is 0 Å². The smallest absolute Gasteiger partial charge is 0.236 e. The topological polar surface area (TPSA) is 64.7 Å². The lowest BCUT2D eigenvalue weighted by molar-refractivity contribution is -0.132. The van der Waals surface area contributed by atoms with E-state index in [1.165, 1.54) is 0 Å². The van der Waals surface area contributed by atoms with Crippen LogP contribution in [0.5, 0.6) is 0 Å². The minimum atomic E-state index is 0.00678. The van der Waals surface area contributed by atoms with Gasteiger partial charge in [-0.05, 0) is 6.54 Å². The normalized spacial score (nSPS) is 16.2. The number of carbonyl (C=O) groups is 2. The molecule has 19 heavy (non-hydrogen) atoms. The number of piperazine rings is 1. The maximum Gasteiger partial charge on any atom is 0.236 e. The van der Waals surface area contributed by atoms with Gasteiger partial charge in [-0.3, -0.25) is 14.5 Å². The number of likely N-dealkylation sites (N-methyl/N-ethyl adjacent to an activating group) is 1. The Labute approximate surface area is 114 Å². The minimum absolute atomic E-state index is 0.00678. The third kappa shape index (κ3) is 5.85. The largest absolute Gasteiger partial charge is 0.352 e. The Kier molecular flexibility index (Phi) is 7.14. The lowest BCUT2D eigenvalue weighted by Gasteiger charge is -2.34. The summed E-state index contributed by atoms with van der Waals surface area (Å²) in [6.07, 6.45) is 1.66. The molecule has 0 spiro atoms. The number of hydrogen-bond acceptors (Lipinski definition) is 4. The van der Waals surface area contributed by atoms with Gasteiger partial charge in [-0.1, -0.05) is 13.0 Å². The summed E-state index contributed by atoms with van der Waals surface area (Å²) in [6, 6.07) is 0. The van der Waals surface area contributed by atoms with Crippen LogP contribution in [0.4, 0.5) is 0 Å². The highest BCUT2D eigenvalue weighted by Gasteiger charge is 2.21. The Morgan fingerprint density at radius 2 is 1.95 bits per heavy atom. The van der Waals surface area contributed by atoms with Gasteiger partial charge in [-0.15, -0.1) is 6.58 Å². The first-order chi connectivity index (χ1) is 9.17. The number of nitrogens with zero attached hydrogens (tertiary/aromatic N) is 2. The van der Waals surface area contributed by atoms with Crippen LogP contribution in [-0.4, -0.2) is 74.0 Å². The molecule has 1 aliphatic heterocycles. The quantitative estimate of drug-likeness (QED) is 0.584. The number of hydrogen-bond donors (Lipinski definition) is 2. The van der Waals surface area contributed by atoms with Gasteiger partial charge < -0.3 is 15.5 Å². The van der Waals surface area contributed by atoms with Crippen molar-refractivity contribution in [1.82, 2.24) is 20.4 Å². The van der Waals surface area contributed by atoms with Crippen molar-refractivity contribution in [3.8, 4) is 0 Å². The van der Waals surface area contributed by atoms with E-state index in [4.69, 9.17) is 0 Å². The van der Waals surface area contributed by atoms with Gasteiger partial charge in [0.2, 0.25) is 11.8 Å². The average Bonchev–Trinajstić information content (AvgIpc) is 2.43. The molecule has 108 valence electrons. The molecule has 1 rings (SSSR count). The first-order valence-corrected chi connectivity index (χ1v) is 6.75. The number of nitrogens with one attached hydrogen (secondary N) is 2. The Hall–Kier alpha value is -1.40. The van der Waals surface area contributed by atoms with E-state index in [1.54, 1.807) is 6.08 Å². The molecule has 6 heteroatoms. The number of rotatable bonds is 7. The first-order valence-electron chi connectivity index (χ1n) is 6.75. The molecule has 0 aromatic heterocycles. The molecule has 1 aliphatic rings. The van der Waals surface area contributed by atoms with Crippen molar-refractivity contribution in [2.45, 2.75) is 6.92 Å². The van der Waals surface area contributed by atoms with Crippen molar-refractivity contribution in [1.29, 1.82) is 0 Å². The fourth-order valence-electron chi connectivity index (χ4n) is 1.94. The summed E-state index contributed by atoms with van der Waals surface area (Å²) in [5.41, 5.74) is 0. The average molecular weight is 268 g/mol. The van der Waals surface area contributed by atoms with Gasteiger partial charge in [-0.25, -0.2) is 0 Å². The van der Waals surface area contributed by atoms with Crippen LogP contribution in [0.1, 0.15) is 6.92 Å². The molecule has 6 nitrogen and oxygen atoms in total. The second kappa shape index (κ2) is 8.66. The van der Waals surface area contributed by atoms with Crippen molar-refractivity contribution in [2.24, 2.45) is 0 Å². The minimum Gasteiger partial charge on any atom is -0.352 e. The van der Waals surface area contributed by atoms with Crippen LogP contribution in [0.2, 0.25) is 0 Å². The van der Waals surface area contributed by atoms with Crippen LogP contribution >= 0.6 is 0 Å². The molecule has 2 N–H and O–H groups in total. The maximum atomic E-state index is 11.8. The van der Waals surface area contributed by atoms with E-state index >= 15 is 0 Å². The fraction of sp³-hybridized carbons (Fsp3) is 0.692. The van der Waals surface area contributed by atoms with Crippen LogP contribution in [0, 0.1) is 0 Å². The van der Waals surface area contributed by atoms with Gasteiger partial charge in [0, 0.05) is 32.7 Å². The van der Waals surface area contributed by atoms with Gasteiger partial charge in [-0.2, -0.15) is 0 Å². The van der Waals surface area contributed by atoms with Crippen molar-refractivity contribution in [2.75, 3.05) is 52.4 Å². The van der Waals surface area contributed by atoms with E-state index in [2.05, 4.69) is 22.1 Å². The van der Waals surface area contributed by atoms with Crippen molar-refractivity contribution < 1.29 is 9.59 Å². The number of amides is 2. The van der Waals surface area contributed by atoms with Crippen LogP contribution < -0.4 is 10.6 Å². The number of carbonyl (C=O) groups excluding carboxylic acids is 2. The second-order valence-electron chi connectivity index (χ2n) is 4.53. The highest BCUT2D eigenvalue weighted by molar-refractivity contribution is 5.79. The van der Waals surface area contributed by atoms with Crippen molar-refractivity contribution in [3.63, 3.8) is 0 Å². The predicted octanol–water partition coefficient (Wildman–Crippen LogP) is -0.958. The fourth-order valence-corrected chi connectivity index (χ4v) is 1.94. The van der Waals surface area contributed by atoms with E-state index in [1.807, 2.05) is 11.8 Å². The molecule has 1 heterocycles. The molecule has 0 atom stereocenters. The van der Waals surface area contributed by atoms with Crippen LogP contribution in [0.15, 0.2) is 12.7 Å². The van der Waals surface area contributed by atoms with Crippen molar-refractivity contribution in [3.05, 3.63) is 12.7 Å². The molecule has 0 unspecified atom stereocenters. The van der Waals surface area contributed by atoms with E-state index in [0.29, 0.717) is 32.7 Å². The summed E-state index contributed by atoms with van der Waals surface area (Å²) in [6.45, 7) is 10.5. The molecule has 0 saturated carbocycles. The zero-order chi connectivity index (χ0) is 14.1. The predicted molar refractivity (Wildman–Crippen MR) is 74.8 cm³/mol. The van der Waals surface area contributed by atoms with E-state index in [-0.39, 0.29) is 11.8 Å². The van der Waals surface area contributed by atoms with Gasteiger partial charge >= 0.3 is 0 Å². The third-order valence-electron chi connectivity index (χ3n) is 3.06. The summed E-state index contributed by atoms with van der Waals surface area (Å²) in [5, 5.41) is 5.79. The Bertz CT molecular complexity index is 312. The second-order valence-corrected chi connectivity index (χ2v) is 4.53. The molecular formula is C13H24N4O2. The van der Waals surface area contributed by atoms with E-state index in [0.717, 1.165) is 19.6 Å². The summed E-state index contributed by atoms with van der Waals surface area (Å²) in [5.74, 6) is 0.143. The summed E-state index contributed by atoms with van der Waals surface area (Å²) < 4.78 is 0. The van der Waals surface area contributed by atoms with Crippen LogP contribution in [0.3, 0.4) is 0 Å². The van der Waals surface area contributed by atoms with E-state index in [9.17, 15) is 9.59 Å². The molecule has 1 fully saturated rings. The monoisotopic (exact) mass is 268 g/mol. The van der Waals surface area contributed by atoms with E-state index < -0.39 is 0 Å². The Morgan fingerprint density at radius 1 is 1.26 bits per heavy atom.